The Morgan fingerprint density at radius 1 is 1.41 bits per heavy atom. The molecule has 1 rings (SSSR count). The molecule has 1 aliphatic rings. The van der Waals surface area contributed by atoms with Gasteiger partial charge in [-0.1, -0.05) is 45.1 Å². The highest BCUT2D eigenvalue weighted by atomic mass is 16.2. The monoisotopic (exact) mass is 235 g/mol. The summed E-state index contributed by atoms with van der Waals surface area (Å²) in [4.78, 5) is 13.7. The van der Waals surface area contributed by atoms with Crippen molar-refractivity contribution in [2.24, 2.45) is 11.3 Å². The van der Waals surface area contributed by atoms with Crippen LogP contribution in [0.4, 0.5) is 0 Å². The topological polar surface area (TPSA) is 20.3 Å². The molecule has 0 aromatic rings. The molecule has 2 heteroatoms. The molecule has 0 fully saturated rings. The minimum absolute atomic E-state index is 0.200. The Bertz CT molecular complexity index is 309. The number of nitrogens with zero attached hydrogens (tertiary/aromatic N) is 1. The van der Waals surface area contributed by atoms with E-state index in [4.69, 9.17) is 0 Å². The second-order valence-electron chi connectivity index (χ2n) is 5.91. The van der Waals surface area contributed by atoms with Crippen molar-refractivity contribution in [1.29, 1.82) is 0 Å². The summed E-state index contributed by atoms with van der Waals surface area (Å²) in [5.74, 6) is 0.865. The second kappa shape index (κ2) is 6.04. The van der Waals surface area contributed by atoms with Crippen LogP contribution in [0.3, 0.4) is 0 Å². The third-order valence-electron chi connectivity index (χ3n) is 3.09. The smallest absolute Gasteiger partial charge is 0.227 e. The van der Waals surface area contributed by atoms with Gasteiger partial charge in [0.2, 0.25) is 5.91 Å². The largest absolute Gasteiger partial charge is 0.342 e. The summed E-state index contributed by atoms with van der Waals surface area (Å²) in [7, 11) is 1.87. The van der Waals surface area contributed by atoms with E-state index in [2.05, 4.69) is 24.3 Å². The van der Waals surface area contributed by atoms with Gasteiger partial charge in [-0.3, -0.25) is 4.79 Å². The number of hydrogen-bond donors (Lipinski definition) is 0. The van der Waals surface area contributed by atoms with E-state index in [1.54, 1.807) is 4.90 Å². The summed E-state index contributed by atoms with van der Waals surface area (Å²) < 4.78 is 0. The Morgan fingerprint density at radius 2 is 2.12 bits per heavy atom. The van der Waals surface area contributed by atoms with Crippen LogP contribution in [0.25, 0.3) is 0 Å². The van der Waals surface area contributed by atoms with Crippen LogP contribution in [0.5, 0.6) is 0 Å². The predicted molar refractivity (Wildman–Crippen MR) is 72.7 cm³/mol. The maximum Gasteiger partial charge on any atom is 0.227 e. The lowest BCUT2D eigenvalue weighted by Gasteiger charge is -2.25. The van der Waals surface area contributed by atoms with Crippen molar-refractivity contribution in [3.63, 3.8) is 0 Å². The van der Waals surface area contributed by atoms with Gasteiger partial charge in [-0.2, -0.15) is 0 Å². The quantitative estimate of drug-likeness (QED) is 0.687. The van der Waals surface area contributed by atoms with E-state index >= 15 is 0 Å². The van der Waals surface area contributed by atoms with Crippen molar-refractivity contribution < 1.29 is 4.79 Å². The molecule has 1 aliphatic carbocycles. The predicted octanol–water partition coefficient (Wildman–Crippen LogP) is 3.40. The van der Waals surface area contributed by atoms with Gasteiger partial charge in [-0.05, 0) is 25.2 Å². The minimum Gasteiger partial charge on any atom is -0.342 e. The maximum absolute atomic E-state index is 11.9. The van der Waals surface area contributed by atoms with Crippen LogP contribution in [0.2, 0.25) is 0 Å². The van der Waals surface area contributed by atoms with Gasteiger partial charge in [0.25, 0.3) is 0 Å². The number of allylic oxidation sites excluding steroid dienone is 3. The molecule has 96 valence electrons. The van der Waals surface area contributed by atoms with Crippen LogP contribution in [0.15, 0.2) is 24.3 Å². The summed E-state index contributed by atoms with van der Waals surface area (Å²) in [6.45, 7) is 6.60. The van der Waals surface area contributed by atoms with E-state index in [9.17, 15) is 4.79 Å². The molecular formula is C15H25NO. The number of carbonyl (C=O) groups excluding carboxylic acids is 1. The molecule has 0 saturated carbocycles. The van der Waals surface area contributed by atoms with Gasteiger partial charge in [-0.15, -0.1) is 0 Å². The summed E-state index contributed by atoms with van der Waals surface area (Å²) in [5, 5.41) is 0. The van der Waals surface area contributed by atoms with Gasteiger partial charge < -0.3 is 4.90 Å². The van der Waals surface area contributed by atoms with Crippen molar-refractivity contribution in [2.45, 2.75) is 40.0 Å². The van der Waals surface area contributed by atoms with E-state index in [-0.39, 0.29) is 11.3 Å². The van der Waals surface area contributed by atoms with Crippen LogP contribution < -0.4 is 0 Å². The third kappa shape index (κ3) is 4.76. The van der Waals surface area contributed by atoms with Crippen molar-refractivity contribution in [3.05, 3.63) is 24.3 Å². The molecule has 0 spiro atoms. The van der Waals surface area contributed by atoms with Gasteiger partial charge in [0.05, 0.1) is 0 Å². The van der Waals surface area contributed by atoms with Crippen LogP contribution in [0.1, 0.15) is 40.0 Å². The van der Waals surface area contributed by atoms with Gasteiger partial charge in [0, 0.05) is 19.0 Å². The fraction of sp³-hybridized carbons (Fsp3) is 0.667. The first-order valence-corrected chi connectivity index (χ1v) is 6.48. The lowest BCUT2D eigenvalue weighted by Crippen LogP contribution is -2.36. The molecule has 1 amide bonds. The summed E-state index contributed by atoms with van der Waals surface area (Å²) >= 11 is 0. The molecule has 0 heterocycles. The Kier molecular flexibility index (Phi) is 4.98. The van der Waals surface area contributed by atoms with Crippen molar-refractivity contribution >= 4 is 5.91 Å². The minimum atomic E-state index is -0.282. The summed E-state index contributed by atoms with van der Waals surface area (Å²) in [5.41, 5.74) is -0.282. The van der Waals surface area contributed by atoms with Crippen LogP contribution in [0, 0.1) is 11.3 Å². The van der Waals surface area contributed by atoms with E-state index < -0.39 is 0 Å². The highest BCUT2D eigenvalue weighted by Gasteiger charge is 2.24. The zero-order chi connectivity index (χ0) is 12.9. The van der Waals surface area contributed by atoms with E-state index in [0.29, 0.717) is 5.92 Å². The zero-order valence-corrected chi connectivity index (χ0v) is 11.6. The van der Waals surface area contributed by atoms with Gasteiger partial charge >= 0.3 is 0 Å². The zero-order valence-electron chi connectivity index (χ0n) is 11.6. The SMILES string of the molecule is CN(C/C=C\C1CC=CCC1)C(=O)C(C)(C)C. The summed E-state index contributed by atoms with van der Waals surface area (Å²) in [6.07, 6.45) is 12.5. The first kappa shape index (κ1) is 14.0. The number of amides is 1. The van der Waals surface area contributed by atoms with Gasteiger partial charge in [-0.25, -0.2) is 0 Å². The molecule has 0 aromatic carbocycles. The fourth-order valence-electron chi connectivity index (χ4n) is 2.06. The number of carbonyl (C=O) groups is 1. The molecule has 0 N–H and O–H groups in total. The maximum atomic E-state index is 11.9. The molecule has 2 nitrogen and oxygen atoms in total. The number of hydrogen-bond acceptors (Lipinski definition) is 1. The first-order valence-electron chi connectivity index (χ1n) is 6.48. The highest BCUT2D eigenvalue weighted by molar-refractivity contribution is 5.81. The molecule has 17 heavy (non-hydrogen) atoms. The molecule has 1 unspecified atom stereocenters. The average Bonchev–Trinajstić information content (AvgIpc) is 2.28. The molecule has 0 bridgehead atoms. The molecule has 0 aliphatic heterocycles. The highest BCUT2D eigenvalue weighted by Crippen LogP contribution is 2.19. The van der Waals surface area contributed by atoms with E-state index in [1.165, 1.54) is 12.8 Å². The first-order chi connectivity index (χ1) is 7.91. The molecule has 0 aromatic heterocycles. The Hall–Kier alpha value is -1.05. The Balaban J connectivity index is 2.37. The van der Waals surface area contributed by atoms with Crippen LogP contribution in [-0.4, -0.2) is 24.4 Å². The normalized spacial score (nSPS) is 20.8. The fourth-order valence-corrected chi connectivity index (χ4v) is 2.06. The van der Waals surface area contributed by atoms with Crippen molar-refractivity contribution in [2.75, 3.05) is 13.6 Å². The molecule has 0 radical (unpaired) electrons. The standard InChI is InChI=1S/C15H25NO/c1-15(2,3)14(17)16(4)12-8-11-13-9-6-5-7-10-13/h5-6,8,11,13H,7,9-10,12H2,1-4H3/b11-8-. The molecule has 0 saturated heterocycles. The second-order valence-corrected chi connectivity index (χ2v) is 5.91. The Morgan fingerprint density at radius 3 is 2.65 bits per heavy atom. The van der Waals surface area contributed by atoms with Gasteiger partial charge in [0.1, 0.15) is 0 Å². The number of likely N-dealkylation sites (N-methyl/N-ethyl adjacent to an activating group) is 1. The van der Waals surface area contributed by atoms with E-state index in [1.807, 2.05) is 27.8 Å². The lowest BCUT2D eigenvalue weighted by atomic mass is 9.93. The van der Waals surface area contributed by atoms with Crippen molar-refractivity contribution in [1.82, 2.24) is 4.90 Å². The third-order valence-corrected chi connectivity index (χ3v) is 3.09. The number of rotatable bonds is 3. The van der Waals surface area contributed by atoms with E-state index in [0.717, 1.165) is 13.0 Å². The molecule has 1 atom stereocenters. The average molecular weight is 235 g/mol. The molecular weight excluding hydrogens is 210 g/mol. The lowest BCUT2D eigenvalue weighted by molar-refractivity contribution is -0.137. The Labute approximate surface area is 105 Å². The van der Waals surface area contributed by atoms with Crippen LogP contribution in [-0.2, 0) is 4.79 Å². The van der Waals surface area contributed by atoms with Crippen molar-refractivity contribution in [3.8, 4) is 0 Å². The summed E-state index contributed by atoms with van der Waals surface area (Å²) in [6, 6.07) is 0. The van der Waals surface area contributed by atoms with Crippen LogP contribution >= 0.6 is 0 Å². The van der Waals surface area contributed by atoms with Gasteiger partial charge in [0.15, 0.2) is 0 Å².